The number of amides is 1. The Balaban J connectivity index is 1.35. The second-order valence-corrected chi connectivity index (χ2v) is 9.48. The molecule has 2 saturated carbocycles. The van der Waals surface area contributed by atoms with E-state index in [-0.39, 0.29) is 18.1 Å². The average molecular weight is 447 g/mol. The third-order valence-corrected chi connectivity index (χ3v) is 6.52. The molecule has 0 bridgehead atoms. The van der Waals surface area contributed by atoms with Crippen molar-refractivity contribution >= 4 is 28.1 Å². The van der Waals surface area contributed by atoms with Gasteiger partial charge in [-0.05, 0) is 57.6 Å². The number of nitrogens with one attached hydrogen (secondary N) is 1. The molecule has 9 heteroatoms. The molecule has 0 saturated heterocycles. The highest BCUT2D eigenvalue weighted by Crippen LogP contribution is 2.37. The van der Waals surface area contributed by atoms with Crippen LogP contribution in [0.4, 0.5) is 5.69 Å². The van der Waals surface area contributed by atoms with Crippen LogP contribution >= 0.6 is 0 Å². The van der Waals surface area contributed by atoms with Gasteiger partial charge in [0.25, 0.3) is 5.91 Å². The fourth-order valence-corrected chi connectivity index (χ4v) is 4.66. The minimum Gasteiger partial charge on any atom is -0.490 e. The van der Waals surface area contributed by atoms with Crippen LogP contribution in [-0.2, 0) is 0 Å². The van der Waals surface area contributed by atoms with Crippen molar-refractivity contribution in [2.45, 2.75) is 63.2 Å². The van der Waals surface area contributed by atoms with Crippen LogP contribution in [-0.4, -0.2) is 47.1 Å². The van der Waals surface area contributed by atoms with Gasteiger partial charge in [0.2, 0.25) is 0 Å². The van der Waals surface area contributed by atoms with Crippen LogP contribution in [0.5, 0.6) is 5.75 Å². The maximum Gasteiger partial charge on any atom is 0.259 e. The molecule has 3 heterocycles. The third-order valence-electron chi connectivity index (χ3n) is 6.52. The highest BCUT2D eigenvalue weighted by molar-refractivity contribution is 6.09. The van der Waals surface area contributed by atoms with Gasteiger partial charge in [-0.1, -0.05) is 0 Å². The standard InChI is InChI=1S/C24H26N6O3/c1-24(32)7-2-4-16(12-24)30-14-15-10-18(21(11-19(15)28-30)33-17-5-6-17)23(31)27-20-13-26-29-9-3-8-25-22(20)29/h3,8-11,13-14,16-17,32H,2,4-7,12H2,1H3,(H,27,31)/t16-,24+/m0/s1. The fourth-order valence-electron chi connectivity index (χ4n) is 4.66. The molecule has 1 amide bonds. The normalized spacial score (nSPS) is 23.2. The summed E-state index contributed by atoms with van der Waals surface area (Å²) in [6.07, 6.45) is 12.5. The summed E-state index contributed by atoms with van der Waals surface area (Å²) < 4.78 is 9.65. The first-order chi connectivity index (χ1) is 15.9. The molecule has 0 unspecified atom stereocenters. The lowest BCUT2D eigenvalue weighted by Gasteiger charge is -2.33. The molecule has 2 N–H and O–H groups in total. The van der Waals surface area contributed by atoms with Gasteiger partial charge in [-0.15, -0.1) is 0 Å². The molecule has 0 spiro atoms. The molecule has 9 nitrogen and oxygen atoms in total. The zero-order valence-electron chi connectivity index (χ0n) is 18.4. The number of hydrogen-bond donors (Lipinski definition) is 2. The second kappa shape index (κ2) is 7.55. The number of carbonyl (C=O) groups is 1. The summed E-state index contributed by atoms with van der Waals surface area (Å²) in [7, 11) is 0. The number of nitrogens with zero attached hydrogens (tertiary/aromatic N) is 5. The molecule has 0 radical (unpaired) electrons. The lowest BCUT2D eigenvalue weighted by Crippen LogP contribution is -2.33. The number of hydrogen-bond acceptors (Lipinski definition) is 6. The second-order valence-electron chi connectivity index (χ2n) is 9.48. The minimum atomic E-state index is -0.672. The molecule has 170 valence electrons. The Kier molecular flexibility index (Phi) is 4.62. The van der Waals surface area contributed by atoms with Crippen molar-refractivity contribution < 1.29 is 14.6 Å². The third kappa shape index (κ3) is 3.93. The smallest absolute Gasteiger partial charge is 0.259 e. The van der Waals surface area contributed by atoms with Crippen molar-refractivity contribution in [1.29, 1.82) is 0 Å². The molecule has 2 atom stereocenters. The predicted molar refractivity (Wildman–Crippen MR) is 122 cm³/mol. The molecule has 6 rings (SSSR count). The first-order valence-electron chi connectivity index (χ1n) is 11.5. The van der Waals surface area contributed by atoms with Gasteiger partial charge in [0.15, 0.2) is 5.65 Å². The van der Waals surface area contributed by atoms with Crippen LogP contribution in [0.1, 0.15) is 61.8 Å². The quantitative estimate of drug-likeness (QED) is 0.484. The van der Waals surface area contributed by atoms with E-state index in [1.165, 1.54) is 0 Å². The highest BCUT2D eigenvalue weighted by atomic mass is 16.5. The molecule has 2 fully saturated rings. The van der Waals surface area contributed by atoms with Gasteiger partial charge in [-0.25, -0.2) is 9.50 Å². The Morgan fingerprint density at radius 1 is 1.30 bits per heavy atom. The van der Waals surface area contributed by atoms with E-state index in [9.17, 15) is 9.90 Å². The highest BCUT2D eigenvalue weighted by Gasteiger charge is 2.32. The summed E-state index contributed by atoms with van der Waals surface area (Å²) in [5.74, 6) is 0.259. The molecule has 1 aromatic carbocycles. The first-order valence-corrected chi connectivity index (χ1v) is 11.5. The monoisotopic (exact) mass is 446 g/mol. The van der Waals surface area contributed by atoms with Crippen LogP contribution < -0.4 is 10.1 Å². The number of rotatable bonds is 5. The van der Waals surface area contributed by atoms with Gasteiger partial charge >= 0.3 is 0 Å². The van der Waals surface area contributed by atoms with Crippen LogP contribution in [0.3, 0.4) is 0 Å². The fraction of sp³-hybridized carbons (Fsp3) is 0.417. The van der Waals surface area contributed by atoms with E-state index in [1.54, 1.807) is 29.2 Å². The van der Waals surface area contributed by atoms with Crippen molar-refractivity contribution in [2.24, 2.45) is 0 Å². The topological polar surface area (TPSA) is 107 Å². The van der Waals surface area contributed by atoms with E-state index < -0.39 is 5.60 Å². The van der Waals surface area contributed by atoms with E-state index in [0.717, 1.165) is 43.0 Å². The Morgan fingerprint density at radius 2 is 2.18 bits per heavy atom. The molecule has 2 aliphatic rings. The number of aromatic nitrogens is 5. The summed E-state index contributed by atoms with van der Waals surface area (Å²) in [6, 6.07) is 5.61. The largest absolute Gasteiger partial charge is 0.490 e. The number of ether oxygens (including phenoxy) is 1. The SMILES string of the molecule is C[C@@]1(O)CCC[C@H](n2cc3cc(C(=O)Nc4cnn5cccnc45)c(OC4CC4)cc3n2)C1. The summed E-state index contributed by atoms with van der Waals surface area (Å²) in [6.45, 7) is 1.89. The molecular formula is C24H26N6O3. The van der Waals surface area contributed by atoms with E-state index in [0.29, 0.717) is 29.1 Å². The van der Waals surface area contributed by atoms with Crippen molar-refractivity contribution in [2.75, 3.05) is 5.32 Å². The molecule has 33 heavy (non-hydrogen) atoms. The summed E-state index contributed by atoms with van der Waals surface area (Å²) in [5, 5.41) is 23.3. The van der Waals surface area contributed by atoms with Gasteiger partial charge in [-0.2, -0.15) is 10.2 Å². The van der Waals surface area contributed by atoms with Gasteiger partial charge < -0.3 is 15.2 Å². The summed E-state index contributed by atoms with van der Waals surface area (Å²) in [5.41, 5.74) is 1.69. The first kappa shape index (κ1) is 20.2. The van der Waals surface area contributed by atoms with E-state index >= 15 is 0 Å². The van der Waals surface area contributed by atoms with E-state index in [1.807, 2.05) is 29.9 Å². The number of aliphatic hydroxyl groups is 1. The summed E-state index contributed by atoms with van der Waals surface area (Å²) >= 11 is 0. The van der Waals surface area contributed by atoms with Crippen LogP contribution in [0, 0.1) is 0 Å². The predicted octanol–water partition coefficient (Wildman–Crippen LogP) is 3.74. The minimum absolute atomic E-state index is 0.135. The lowest BCUT2D eigenvalue weighted by atomic mass is 9.83. The Labute approximate surface area is 190 Å². The van der Waals surface area contributed by atoms with Crippen molar-refractivity contribution in [1.82, 2.24) is 24.4 Å². The van der Waals surface area contributed by atoms with Crippen LogP contribution in [0.15, 0.2) is 43.0 Å². The Hall–Kier alpha value is -3.46. The van der Waals surface area contributed by atoms with E-state index in [4.69, 9.17) is 9.84 Å². The van der Waals surface area contributed by atoms with Crippen LogP contribution in [0.25, 0.3) is 16.6 Å². The Morgan fingerprint density at radius 3 is 3.00 bits per heavy atom. The van der Waals surface area contributed by atoms with Gasteiger partial charge in [0.1, 0.15) is 11.4 Å². The van der Waals surface area contributed by atoms with Gasteiger partial charge in [0.05, 0.1) is 35.0 Å². The maximum absolute atomic E-state index is 13.3. The van der Waals surface area contributed by atoms with Gasteiger partial charge in [-0.3, -0.25) is 9.48 Å². The average Bonchev–Trinajstić information content (AvgIpc) is 3.36. The number of anilines is 1. The van der Waals surface area contributed by atoms with Crippen molar-refractivity contribution in [3.8, 4) is 5.75 Å². The number of fused-ring (bicyclic) bond motifs is 2. The van der Waals surface area contributed by atoms with Crippen molar-refractivity contribution in [3.05, 3.63) is 48.5 Å². The zero-order chi connectivity index (χ0) is 22.6. The zero-order valence-corrected chi connectivity index (χ0v) is 18.4. The van der Waals surface area contributed by atoms with Gasteiger partial charge in [0, 0.05) is 30.0 Å². The summed E-state index contributed by atoms with van der Waals surface area (Å²) in [4.78, 5) is 17.6. The molecule has 4 aromatic rings. The molecule has 0 aliphatic heterocycles. The lowest BCUT2D eigenvalue weighted by molar-refractivity contribution is 0.00191. The van der Waals surface area contributed by atoms with Crippen molar-refractivity contribution in [3.63, 3.8) is 0 Å². The number of benzene rings is 1. The molecule has 2 aliphatic carbocycles. The molecular weight excluding hydrogens is 420 g/mol. The Bertz CT molecular complexity index is 1350. The van der Waals surface area contributed by atoms with E-state index in [2.05, 4.69) is 15.4 Å². The number of carbonyl (C=O) groups excluding carboxylic acids is 1. The maximum atomic E-state index is 13.3. The van der Waals surface area contributed by atoms with Crippen LogP contribution in [0.2, 0.25) is 0 Å². The molecule has 3 aromatic heterocycles.